The van der Waals surface area contributed by atoms with E-state index >= 15 is 0 Å². The zero-order valence-electron chi connectivity index (χ0n) is 12.8. The minimum atomic E-state index is -0.594. The third-order valence-electron chi connectivity index (χ3n) is 3.64. The Kier molecular flexibility index (Phi) is 3.61. The molecule has 0 saturated carbocycles. The standard InChI is InChI=1S/C14H15N5O4/c1-7-11(13(21)23-3)12(19-14(15-7)16-17-18-19)8-4-5-9(20)10(6-8)22-2/h4-6,12,20H,1-3H3,(H,15,16,18). The summed E-state index contributed by atoms with van der Waals surface area (Å²) >= 11 is 0. The smallest absolute Gasteiger partial charge is 0.338 e. The van der Waals surface area contributed by atoms with Crippen molar-refractivity contribution in [2.24, 2.45) is 0 Å². The molecule has 1 aliphatic rings. The maximum atomic E-state index is 12.2. The van der Waals surface area contributed by atoms with Crippen LogP contribution in [0.4, 0.5) is 5.95 Å². The summed E-state index contributed by atoms with van der Waals surface area (Å²) in [4.78, 5) is 12.2. The van der Waals surface area contributed by atoms with Gasteiger partial charge in [0.2, 0.25) is 5.95 Å². The lowest BCUT2D eigenvalue weighted by atomic mass is 9.95. The molecule has 9 heteroatoms. The molecule has 0 radical (unpaired) electrons. The van der Waals surface area contributed by atoms with Crippen molar-refractivity contribution in [1.29, 1.82) is 0 Å². The van der Waals surface area contributed by atoms with E-state index < -0.39 is 12.0 Å². The zero-order valence-corrected chi connectivity index (χ0v) is 12.8. The first-order valence-corrected chi connectivity index (χ1v) is 6.77. The largest absolute Gasteiger partial charge is 0.504 e. The minimum Gasteiger partial charge on any atom is -0.504 e. The highest BCUT2D eigenvalue weighted by Gasteiger charge is 2.35. The second kappa shape index (κ2) is 5.59. The number of aromatic nitrogens is 4. The van der Waals surface area contributed by atoms with Gasteiger partial charge in [-0.2, -0.15) is 4.68 Å². The first-order chi connectivity index (χ1) is 11.1. The molecule has 0 aliphatic carbocycles. The van der Waals surface area contributed by atoms with Crippen molar-refractivity contribution in [2.75, 3.05) is 19.5 Å². The molecule has 1 aromatic heterocycles. The Labute approximate surface area is 131 Å². The van der Waals surface area contributed by atoms with E-state index in [0.717, 1.165) is 0 Å². The number of hydrogen-bond acceptors (Lipinski definition) is 8. The number of fused-ring (bicyclic) bond motifs is 1. The summed E-state index contributed by atoms with van der Waals surface area (Å²) in [5, 5.41) is 24.2. The van der Waals surface area contributed by atoms with Crippen LogP contribution in [0, 0.1) is 0 Å². The van der Waals surface area contributed by atoms with Gasteiger partial charge < -0.3 is 19.9 Å². The Morgan fingerprint density at radius 3 is 2.87 bits per heavy atom. The Balaban J connectivity index is 2.19. The van der Waals surface area contributed by atoms with Gasteiger partial charge in [-0.15, -0.1) is 0 Å². The third kappa shape index (κ3) is 2.35. The van der Waals surface area contributed by atoms with Gasteiger partial charge in [0.15, 0.2) is 11.5 Å². The van der Waals surface area contributed by atoms with Crippen LogP contribution in [0.5, 0.6) is 11.5 Å². The molecule has 1 aromatic carbocycles. The fourth-order valence-corrected chi connectivity index (χ4v) is 2.56. The van der Waals surface area contributed by atoms with Gasteiger partial charge in [-0.05, 0) is 35.0 Å². The number of esters is 1. The van der Waals surface area contributed by atoms with E-state index in [0.29, 0.717) is 22.8 Å². The summed E-state index contributed by atoms with van der Waals surface area (Å²) in [5.74, 6) is 0.209. The summed E-state index contributed by atoms with van der Waals surface area (Å²) in [5.41, 5.74) is 1.64. The molecule has 1 aliphatic heterocycles. The number of phenolic OH excluding ortho intramolecular Hbond substituents is 1. The lowest BCUT2D eigenvalue weighted by Crippen LogP contribution is -2.29. The van der Waals surface area contributed by atoms with Gasteiger partial charge in [0.25, 0.3) is 0 Å². The van der Waals surface area contributed by atoms with Gasteiger partial charge in [-0.3, -0.25) is 0 Å². The van der Waals surface area contributed by atoms with Crippen molar-refractivity contribution in [3.63, 3.8) is 0 Å². The first-order valence-electron chi connectivity index (χ1n) is 6.77. The van der Waals surface area contributed by atoms with E-state index in [1.54, 1.807) is 19.1 Å². The van der Waals surface area contributed by atoms with Gasteiger partial charge in [0.1, 0.15) is 6.04 Å². The minimum absolute atomic E-state index is 0.00226. The predicted molar refractivity (Wildman–Crippen MR) is 79.0 cm³/mol. The second-order valence-electron chi connectivity index (χ2n) is 4.94. The van der Waals surface area contributed by atoms with Crippen molar-refractivity contribution in [2.45, 2.75) is 13.0 Å². The third-order valence-corrected chi connectivity index (χ3v) is 3.64. The molecule has 0 bridgehead atoms. The van der Waals surface area contributed by atoms with Crippen LogP contribution in [0.2, 0.25) is 0 Å². The molecule has 23 heavy (non-hydrogen) atoms. The topological polar surface area (TPSA) is 111 Å². The van der Waals surface area contributed by atoms with Crippen LogP contribution in [0.15, 0.2) is 29.5 Å². The zero-order chi connectivity index (χ0) is 16.6. The van der Waals surface area contributed by atoms with Crippen LogP contribution < -0.4 is 10.1 Å². The Bertz CT molecular complexity index is 798. The summed E-state index contributed by atoms with van der Waals surface area (Å²) in [6, 6.07) is 4.20. The number of rotatable bonds is 3. The average Bonchev–Trinajstić information content (AvgIpc) is 3.01. The second-order valence-corrected chi connectivity index (χ2v) is 4.94. The maximum absolute atomic E-state index is 12.2. The fraction of sp³-hybridized carbons (Fsp3) is 0.286. The van der Waals surface area contributed by atoms with E-state index in [1.165, 1.54) is 25.0 Å². The molecular weight excluding hydrogens is 302 g/mol. The predicted octanol–water partition coefficient (Wildman–Crippen LogP) is 0.849. The number of nitrogens with zero attached hydrogens (tertiary/aromatic N) is 4. The molecule has 120 valence electrons. The molecule has 0 spiro atoms. The van der Waals surface area contributed by atoms with E-state index in [-0.39, 0.29) is 11.5 Å². The number of ether oxygens (including phenoxy) is 2. The van der Waals surface area contributed by atoms with Crippen LogP contribution in [0.3, 0.4) is 0 Å². The van der Waals surface area contributed by atoms with Gasteiger partial charge in [-0.1, -0.05) is 11.2 Å². The molecular formula is C14H15N5O4. The molecule has 0 amide bonds. The molecule has 2 N–H and O–H groups in total. The van der Waals surface area contributed by atoms with Crippen LogP contribution in [0.1, 0.15) is 18.5 Å². The van der Waals surface area contributed by atoms with Gasteiger partial charge in [-0.25, -0.2) is 4.79 Å². The molecule has 1 atom stereocenters. The molecule has 2 heterocycles. The van der Waals surface area contributed by atoms with Crippen LogP contribution in [-0.4, -0.2) is 45.5 Å². The molecule has 2 aromatic rings. The van der Waals surface area contributed by atoms with Crippen molar-refractivity contribution in [3.8, 4) is 11.5 Å². The normalized spacial score (nSPS) is 16.6. The monoisotopic (exact) mass is 317 g/mol. The quantitative estimate of drug-likeness (QED) is 0.801. The number of benzene rings is 1. The van der Waals surface area contributed by atoms with Gasteiger partial charge in [0.05, 0.1) is 19.8 Å². The number of hydrogen-bond donors (Lipinski definition) is 2. The van der Waals surface area contributed by atoms with E-state index in [2.05, 4.69) is 20.8 Å². The van der Waals surface area contributed by atoms with Gasteiger partial charge in [0, 0.05) is 5.70 Å². The average molecular weight is 317 g/mol. The number of carbonyl (C=O) groups excluding carboxylic acids is 1. The van der Waals surface area contributed by atoms with Gasteiger partial charge >= 0.3 is 5.97 Å². The molecule has 0 saturated heterocycles. The maximum Gasteiger partial charge on any atom is 0.338 e. The Morgan fingerprint density at radius 2 is 2.17 bits per heavy atom. The van der Waals surface area contributed by atoms with Crippen molar-refractivity contribution in [3.05, 3.63) is 35.0 Å². The fourth-order valence-electron chi connectivity index (χ4n) is 2.56. The summed E-state index contributed by atoms with van der Waals surface area (Å²) in [6.07, 6.45) is 0. The lowest BCUT2D eigenvalue weighted by molar-refractivity contribution is -0.136. The number of allylic oxidation sites excluding steroid dienone is 1. The number of tetrazole rings is 1. The molecule has 9 nitrogen and oxygen atoms in total. The van der Waals surface area contributed by atoms with Crippen molar-refractivity contribution >= 4 is 11.9 Å². The Morgan fingerprint density at radius 1 is 1.39 bits per heavy atom. The van der Waals surface area contributed by atoms with Crippen LogP contribution >= 0.6 is 0 Å². The number of aromatic hydroxyl groups is 1. The number of nitrogens with one attached hydrogen (secondary N) is 1. The van der Waals surface area contributed by atoms with Crippen LogP contribution in [0.25, 0.3) is 0 Å². The summed E-state index contributed by atoms with van der Waals surface area (Å²) < 4.78 is 11.5. The molecule has 3 rings (SSSR count). The first kappa shape index (κ1) is 14.8. The van der Waals surface area contributed by atoms with Crippen LogP contribution in [-0.2, 0) is 9.53 Å². The van der Waals surface area contributed by atoms with E-state index in [4.69, 9.17) is 9.47 Å². The highest BCUT2D eigenvalue weighted by atomic mass is 16.5. The van der Waals surface area contributed by atoms with Crippen molar-refractivity contribution < 1.29 is 19.4 Å². The highest BCUT2D eigenvalue weighted by Crippen LogP contribution is 2.38. The van der Waals surface area contributed by atoms with E-state index in [9.17, 15) is 9.90 Å². The molecule has 1 unspecified atom stereocenters. The number of anilines is 1. The van der Waals surface area contributed by atoms with Crippen molar-refractivity contribution in [1.82, 2.24) is 20.2 Å². The highest BCUT2D eigenvalue weighted by molar-refractivity contribution is 5.92. The number of methoxy groups -OCH3 is 2. The Hall–Kier alpha value is -3.10. The SMILES string of the molecule is COC(=O)C1=C(C)Nc2nnnn2C1c1ccc(O)c(OC)c1. The summed E-state index contributed by atoms with van der Waals surface area (Å²) in [7, 11) is 2.76. The summed E-state index contributed by atoms with van der Waals surface area (Å²) in [6.45, 7) is 1.75. The molecule has 0 fully saturated rings. The van der Waals surface area contributed by atoms with E-state index in [1.807, 2.05) is 0 Å². The number of carbonyl (C=O) groups is 1. The lowest BCUT2D eigenvalue weighted by Gasteiger charge is -2.27. The number of phenols is 1.